The number of rotatable bonds is 5. The van der Waals surface area contributed by atoms with Crippen molar-refractivity contribution in [3.63, 3.8) is 0 Å². The van der Waals surface area contributed by atoms with Gasteiger partial charge in [0, 0.05) is 4.47 Å². The molecule has 4 amide bonds. The van der Waals surface area contributed by atoms with Crippen molar-refractivity contribution in [1.82, 2.24) is 5.32 Å². The Labute approximate surface area is 200 Å². The number of hydrogen-bond donors (Lipinski definition) is 1. The Morgan fingerprint density at radius 1 is 0.939 bits per heavy atom. The molecule has 1 aliphatic heterocycles. The van der Waals surface area contributed by atoms with Gasteiger partial charge in [-0.25, -0.2) is 9.69 Å². The fourth-order valence-electron chi connectivity index (χ4n) is 3.34. The summed E-state index contributed by atoms with van der Waals surface area (Å²) in [5.74, 6) is -0.737. The first-order chi connectivity index (χ1) is 15.8. The van der Waals surface area contributed by atoms with E-state index in [0.717, 1.165) is 20.5 Å². The van der Waals surface area contributed by atoms with Gasteiger partial charge in [0.1, 0.15) is 17.9 Å². The summed E-state index contributed by atoms with van der Waals surface area (Å²) >= 11 is 3.40. The third-order valence-electron chi connectivity index (χ3n) is 5.22. The molecule has 1 N–H and O–H groups in total. The lowest BCUT2D eigenvalue weighted by Crippen LogP contribution is -2.54. The maximum absolute atomic E-state index is 13.0. The van der Waals surface area contributed by atoms with Crippen molar-refractivity contribution in [2.75, 3.05) is 4.90 Å². The smallest absolute Gasteiger partial charge is 0.335 e. The second-order valence-electron chi connectivity index (χ2n) is 7.73. The second-order valence-corrected chi connectivity index (χ2v) is 8.59. The second kappa shape index (κ2) is 9.42. The van der Waals surface area contributed by atoms with Gasteiger partial charge in [-0.05, 0) is 66.9 Å². The summed E-state index contributed by atoms with van der Waals surface area (Å²) in [7, 11) is 0. The predicted octanol–water partition coefficient (Wildman–Crippen LogP) is 5.31. The van der Waals surface area contributed by atoms with E-state index in [-0.39, 0.29) is 5.57 Å². The standard InChI is InChI=1S/C26H21BrN2O4/c1-16-3-5-19(6-4-16)15-33-21-10-7-18(8-11-21)14-22-24(30)28-26(32)29(25(22)31)20-9-12-23(27)17(2)13-20/h3-14H,15H2,1-2H3,(H,28,30,32)/b22-14+. The molecule has 1 fully saturated rings. The third kappa shape index (κ3) is 5.04. The Hall–Kier alpha value is -3.71. The number of aryl methyl sites for hydroxylation is 2. The number of nitrogens with zero attached hydrogens (tertiary/aromatic N) is 1. The van der Waals surface area contributed by atoms with E-state index in [4.69, 9.17) is 4.74 Å². The van der Waals surface area contributed by atoms with Gasteiger partial charge in [0.25, 0.3) is 11.8 Å². The van der Waals surface area contributed by atoms with Gasteiger partial charge in [0.2, 0.25) is 0 Å². The van der Waals surface area contributed by atoms with E-state index in [9.17, 15) is 14.4 Å². The maximum atomic E-state index is 13.0. The minimum absolute atomic E-state index is 0.122. The molecule has 7 heteroatoms. The van der Waals surface area contributed by atoms with E-state index < -0.39 is 17.8 Å². The number of anilines is 1. The van der Waals surface area contributed by atoms with Crippen LogP contribution in [0.5, 0.6) is 5.75 Å². The zero-order chi connectivity index (χ0) is 23.5. The van der Waals surface area contributed by atoms with Crippen LogP contribution in [-0.2, 0) is 16.2 Å². The molecule has 3 aromatic rings. The lowest BCUT2D eigenvalue weighted by Gasteiger charge is -2.26. The topological polar surface area (TPSA) is 75.7 Å². The SMILES string of the molecule is Cc1ccc(COc2ccc(/C=C3\C(=O)NC(=O)N(c4ccc(Br)c(C)c4)C3=O)cc2)cc1. The molecule has 0 unspecified atom stereocenters. The first kappa shape index (κ1) is 22.5. The highest BCUT2D eigenvalue weighted by Crippen LogP contribution is 2.26. The van der Waals surface area contributed by atoms with Gasteiger partial charge < -0.3 is 4.74 Å². The number of barbiturate groups is 1. The van der Waals surface area contributed by atoms with Crippen LogP contribution < -0.4 is 15.0 Å². The van der Waals surface area contributed by atoms with Crippen LogP contribution in [0, 0.1) is 13.8 Å². The Kier molecular flexibility index (Phi) is 6.42. The fourth-order valence-corrected chi connectivity index (χ4v) is 3.58. The monoisotopic (exact) mass is 504 g/mol. The lowest BCUT2D eigenvalue weighted by molar-refractivity contribution is -0.122. The molecule has 33 heavy (non-hydrogen) atoms. The highest BCUT2D eigenvalue weighted by molar-refractivity contribution is 9.10. The first-order valence-electron chi connectivity index (χ1n) is 10.3. The number of urea groups is 1. The molecule has 1 saturated heterocycles. The van der Waals surface area contributed by atoms with Crippen LogP contribution in [0.25, 0.3) is 6.08 Å². The molecule has 166 valence electrons. The number of nitrogens with one attached hydrogen (secondary N) is 1. The van der Waals surface area contributed by atoms with Crippen LogP contribution in [0.3, 0.4) is 0 Å². The molecule has 0 bridgehead atoms. The fraction of sp³-hybridized carbons (Fsp3) is 0.115. The van der Waals surface area contributed by atoms with Gasteiger partial charge >= 0.3 is 6.03 Å². The molecule has 6 nitrogen and oxygen atoms in total. The molecule has 0 spiro atoms. The number of carbonyl (C=O) groups is 3. The van der Waals surface area contributed by atoms with Crippen molar-refractivity contribution in [3.05, 3.63) is 99.0 Å². The van der Waals surface area contributed by atoms with Crippen LogP contribution in [0.1, 0.15) is 22.3 Å². The third-order valence-corrected chi connectivity index (χ3v) is 6.11. The number of carbonyl (C=O) groups excluding carboxylic acids is 3. The number of benzene rings is 3. The molecule has 0 aromatic heterocycles. The van der Waals surface area contributed by atoms with Crippen LogP contribution in [0.2, 0.25) is 0 Å². The summed E-state index contributed by atoms with van der Waals surface area (Å²) in [6.07, 6.45) is 1.46. The van der Waals surface area contributed by atoms with E-state index in [1.54, 1.807) is 42.5 Å². The Morgan fingerprint density at radius 2 is 1.64 bits per heavy atom. The normalized spacial score (nSPS) is 15.1. The van der Waals surface area contributed by atoms with E-state index in [2.05, 4.69) is 21.2 Å². The number of amides is 4. The Balaban J connectivity index is 1.52. The molecule has 3 aromatic carbocycles. The average molecular weight is 505 g/mol. The molecule has 0 saturated carbocycles. The van der Waals surface area contributed by atoms with Gasteiger partial charge in [0.15, 0.2) is 0 Å². The molecule has 1 aliphatic rings. The van der Waals surface area contributed by atoms with Crippen molar-refractivity contribution in [2.45, 2.75) is 20.5 Å². The van der Waals surface area contributed by atoms with Gasteiger partial charge in [-0.3, -0.25) is 14.9 Å². The molecule has 0 atom stereocenters. The molecule has 0 aliphatic carbocycles. The van der Waals surface area contributed by atoms with Crippen molar-refractivity contribution in [2.24, 2.45) is 0 Å². The number of hydrogen-bond acceptors (Lipinski definition) is 4. The summed E-state index contributed by atoms with van der Waals surface area (Å²) in [4.78, 5) is 38.8. The van der Waals surface area contributed by atoms with Crippen LogP contribution in [0.15, 0.2) is 76.8 Å². The Bertz CT molecular complexity index is 1260. The van der Waals surface area contributed by atoms with Crippen molar-refractivity contribution in [3.8, 4) is 5.75 Å². The van der Waals surface area contributed by atoms with Gasteiger partial charge in [-0.2, -0.15) is 0 Å². The van der Waals surface area contributed by atoms with Gasteiger partial charge in [0.05, 0.1) is 5.69 Å². The minimum atomic E-state index is -0.774. The summed E-state index contributed by atoms with van der Waals surface area (Å²) in [6.45, 7) is 4.32. The van der Waals surface area contributed by atoms with E-state index >= 15 is 0 Å². The molecular weight excluding hydrogens is 484 g/mol. The molecule has 1 heterocycles. The summed E-state index contributed by atoms with van der Waals surface area (Å²) in [5.41, 5.74) is 4.01. The zero-order valence-electron chi connectivity index (χ0n) is 18.1. The predicted molar refractivity (Wildman–Crippen MR) is 130 cm³/mol. The summed E-state index contributed by atoms with van der Waals surface area (Å²) < 4.78 is 6.66. The number of halogens is 1. The maximum Gasteiger partial charge on any atom is 0.335 e. The van der Waals surface area contributed by atoms with Crippen molar-refractivity contribution >= 4 is 45.5 Å². The Morgan fingerprint density at radius 3 is 2.30 bits per heavy atom. The zero-order valence-corrected chi connectivity index (χ0v) is 19.7. The van der Waals surface area contributed by atoms with Crippen LogP contribution in [0.4, 0.5) is 10.5 Å². The first-order valence-corrected chi connectivity index (χ1v) is 11.1. The average Bonchev–Trinajstić information content (AvgIpc) is 2.79. The van der Waals surface area contributed by atoms with E-state index in [1.807, 2.05) is 38.1 Å². The summed E-state index contributed by atoms with van der Waals surface area (Å²) in [5, 5.41) is 2.24. The highest BCUT2D eigenvalue weighted by atomic mass is 79.9. The van der Waals surface area contributed by atoms with Gasteiger partial charge in [-0.1, -0.05) is 57.9 Å². The molecule has 4 rings (SSSR count). The largest absolute Gasteiger partial charge is 0.489 e. The number of ether oxygens (including phenoxy) is 1. The summed E-state index contributed by atoms with van der Waals surface area (Å²) in [6, 6.07) is 19.5. The van der Waals surface area contributed by atoms with Gasteiger partial charge in [-0.15, -0.1) is 0 Å². The van der Waals surface area contributed by atoms with E-state index in [1.165, 1.54) is 11.6 Å². The molecule has 0 radical (unpaired) electrons. The van der Waals surface area contributed by atoms with Crippen LogP contribution in [-0.4, -0.2) is 17.8 Å². The van der Waals surface area contributed by atoms with Crippen molar-refractivity contribution in [1.29, 1.82) is 0 Å². The lowest BCUT2D eigenvalue weighted by atomic mass is 10.1. The quantitative estimate of drug-likeness (QED) is 0.377. The number of imide groups is 2. The minimum Gasteiger partial charge on any atom is -0.489 e. The highest BCUT2D eigenvalue weighted by Gasteiger charge is 2.36. The van der Waals surface area contributed by atoms with Crippen molar-refractivity contribution < 1.29 is 19.1 Å². The molecular formula is C26H21BrN2O4. The van der Waals surface area contributed by atoms with E-state index in [0.29, 0.717) is 23.6 Å². The van der Waals surface area contributed by atoms with Crippen LogP contribution >= 0.6 is 15.9 Å².